The summed E-state index contributed by atoms with van der Waals surface area (Å²) in [7, 11) is 0.0802. The first-order valence-corrected chi connectivity index (χ1v) is 9.20. The van der Waals surface area contributed by atoms with E-state index in [1.807, 2.05) is 19.2 Å². The number of likely N-dealkylation sites (N-methyl/N-ethyl adjacent to an activating group) is 2. The van der Waals surface area contributed by atoms with E-state index in [0.29, 0.717) is 23.9 Å². The molecule has 1 N–H and O–H groups in total. The van der Waals surface area contributed by atoms with Crippen LogP contribution in [0.4, 0.5) is 0 Å². The molecule has 1 aliphatic carbocycles. The maximum absolute atomic E-state index is 12.4. The van der Waals surface area contributed by atoms with Crippen molar-refractivity contribution in [3.63, 3.8) is 0 Å². The molecular weight excluding hydrogens is 284 g/mol. The Bertz CT molecular complexity index is 534. The van der Waals surface area contributed by atoms with Crippen molar-refractivity contribution in [1.29, 1.82) is 0 Å². The van der Waals surface area contributed by atoms with Gasteiger partial charge in [0.2, 0.25) is 10.0 Å². The van der Waals surface area contributed by atoms with Crippen LogP contribution in [-0.4, -0.2) is 39.9 Å². The molecule has 0 amide bonds. The predicted molar refractivity (Wildman–Crippen MR) is 86.0 cm³/mol. The zero-order valence-electron chi connectivity index (χ0n) is 13.0. The van der Waals surface area contributed by atoms with Gasteiger partial charge in [-0.1, -0.05) is 31.4 Å². The van der Waals surface area contributed by atoms with Gasteiger partial charge in [0.05, 0.1) is 4.90 Å². The molecule has 0 atom stereocenters. The molecular formula is C16H26N2O2S. The van der Waals surface area contributed by atoms with Crippen molar-refractivity contribution in [2.75, 3.05) is 27.2 Å². The molecule has 1 aromatic carbocycles. The number of sulfonamides is 1. The number of benzene rings is 1. The molecule has 0 bridgehead atoms. The van der Waals surface area contributed by atoms with Crippen molar-refractivity contribution in [3.05, 3.63) is 29.8 Å². The molecule has 2 rings (SSSR count). The molecule has 1 aromatic rings. The van der Waals surface area contributed by atoms with Gasteiger partial charge >= 0.3 is 0 Å². The van der Waals surface area contributed by atoms with Gasteiger partial charge in [-0.3, -0.25) is 0 Å². The number of nitrogens with zero attached hydrogens (tertiary/aromatic N) is 1. The van der Waals surface area contributed by atoms with E-state index in [1.165, 1.54) is 42.0 Å². The second kappa shape index (κ2) is 7.38. The molecule has 21 heavy (non-hydrogen) atoms. The van der Waals surface area contributed by atoms with Crippen LogP contribution < -0.4 is 5.32 Å². The van der Waals surface area contributed by atoms with Crippen LogP contribution in [0.25, 0.3) is 0 Å². The molecule has 4 nitrogen and oxygen atoms in total. The number of hydrogen-bond acceptors (Lipinski definition) is 3. The summed E-state index contributed by atoms with van der Waals surface area (Å²) in [5.41, 5.74) is 1.28. The minimum absolute atomic E-state index is 0.390. The van der Waals surface area contributed by atoms with Crippen molar-refractivity contribution in [2.45, 2.75) is 42.9 Å². The summed E-state index contributed by atoms with van der Waals surface area (Å²) in [6, 6.07) is 7.51. The minimum Gasteiger partial charge on any atom is -0.318 e. The van der Waals surface area contributed by atoms with E-state index in [1.54, 1.807) is 19.2 Å². The van der Waals surface area contributed by atoms with Gasteiger partial charge in [-0.25, -0.2) is 8.42 Å². The van der Waals surface area contributed by atoms with E-state index in [4.69, 9.17) is 0 Å². The van der Waals surface area contributed by atoms with Gasteiger partial charge in [0.25, 0.3) is 0 Å². The Balaban J connectivity index is 2.10. The van der Waals surface area contributed by atoms with Gasteiger partial charge in [-0.05, 0) is 43.5 Å². The van der Waals surface area contributed by atoms with E-state index in [9.17, 15) is 8.42 Å². The molecule has 118 valence electrons. The van der Waals surface area contributed by atoms with E-state index < -0.39 is 10.0 Å². The van der Waals surface area contributed by atoms with Crippen molar-refractivity contribution in [3.8, 4) is 0 Å². The lowest BCUT2D eigenvalue weighted by atomic mass is 9.84. The summed E-state index contributed by atoms with van der Waals surface area (Å²) in [5.74, 6) is 0.609. The Kier molecular flexibility index (Phi) is 5.79. The van der Waals surface area contributed by atoms with Gasteiger partial charge < -0.3 is 5.32 Å². The van der Waals surface area contributed by atoms with Crippen LogP contribution in [0, 0.1) is 0 Å². The highest BCUT2D eigenvalue weighted by Gasteiger charge is 2.21. The standard InChI is InChI=1S/C16H26N2O2S/c1-17-12-13-18(2)21(19,20)16-10-8-15(9-11-16)14-6-4-3-5-7-14/h8-11,14,17H,3-7,12-13H2,1-2H3. The number of hydrogen-bond donors (Lipinski definition) is 1. The van der Waals surface area contributed by atoms with Crippen molar-refractivity contribution in [1.82, 2.24) is 9.62 Å². The molecule has 1 saturated carbocycles. The fourth-order valence-electron chi connectivity index (χ4n) is 2.92. The topological polar surface area (TPSA) is 49.4 Å². The van der Waals surface area contributed by atoms with Gasteiger partial charge in [0.15, 0.2) is 0 Å². The fourth-order valence-corrected chi connectivity index (χ4v) is 4.09. The zero-order chi connectivity index (χ0) is 15.3. The molecule has 0 aromatic heterocycles. The first-order valence-electron chi connectivity index (χ1n) is 7.76. The van der Waals surface area contributed by atoms with Gasteiger partial charge in [-0.15, -0.1) is 0 Å². The molecule has 0 unspecified atom stereocenters. The average Bonchev–Trinajstić information content (AvgIpc) is 2.53. The van der Waals surface area contributed by atoms with Crippen LogP contribution in [0.1, 0.15) is 43.6 Å². The summed E-state index contributed by atoms with van der Waals surface area (Å²) >= 11 is 0. The van der Waals surface area contributed by atoms with Crippen LogP contribution >= 0.6 is 0 Å². The molecule has 0 heterocycles. The van der Waals surface area contributed by atoms with E-state index in [-0.39, 0.29) is 0 Å². The van der Waals surface area contributed by atoms with Crippen LogP contribution in [0.3, 0.4) is 0 Å². The highest BCUT2D eigenvalue weighted by Crippen LogP contribution is 2.33. The largest absolute Gasteiger partial charge is 0.318 e. The highest BCUT2D eigenvalue weighted by molar-refractivity contribution is 7.89. The molecule has 0 radical (unpaired) electrons. The minimum atomic E-state index is -3.37. The van der Waals surface area contributed by atoms with E-state index in [2.05, 4.69) is 5.32 Å². The Hall–Kier alpha value is -0.910. The molecule has 0 spiro atoms. The zero-order valence-corrected chi connectivity index (χ0v) is 13.8. The van der Waals surface area contributed by atoms with Crippen LogP contribution in [-0.2, 0) is 10.0 Å². The van der Waals surface area contributed by atoms with E-state index >= 15 is 0 Å². The summed E-state index contributed by atoms with van der Waals surface area (Å²) in [6.07, 6.45) is 6.37. The summed E-state index contributed by atoms with van der Waals surface area (Å²) < 4.78 is 26.2. The Morgan fingerprint density at radius 2 is 1.76 bits per heavy atom. The quantitative estimate of drug-likeness (QED) is 0.878. The normalized spacial score (nSPS) is 17.3. The first kappa shape index (κ1) is 16.5. The Morgan fingerprint density at radius 1 is 1.14 bits per heavy atom. The van der Waals surface area contributed by atoms with Crippen molar-refractivity contribution < 1.29 is 8.42 Å². The maximum atomic E-state index is 12.4. The van der Waals surface area contributed by atoms with Gasteiger partial charge in [0, 0.05) is 20.1 Å². The van der Waals surface area contributed by atoms with Crippen molar-refractivity contribution >= 4 is 10.0 Å². The maximum Gasteiger partial charge on any atom is 0.242 e. The summed E-state index contributed by atoms with van der Waals surface area (Å²) in [4.78, 5) is 0.390. The predicted octanol–water partition coefficient (Wildman–Crippen LogP) is 2.57. The third-order valence-corrected chi connectivity index (χ3v) is 6.21. The molecule has 1 fully saturated rings. The molecule has 5 heteroatoms. The highest BCUT2D eigenvalue weighted by atomic mass is 32.2. The van der Waals surface area contributed by atoms with Gasteiger partial charge in [-0.2, -0.15) is 4.31 Å². The summed E-state index contributed by atoms with van der Waals surface area (Å²) in [6.45, 7) is 1.12. The lowest BCUT2D eigenvalue weighted by Gasteiger charge is -2.22. The lowest BCUT2D eigenvalue weighted by molar-refractivity contribution is 0.443. The first-order chi connectivity index (χ1) is 10.1. The SMILES string of the molecule is CNCCN(C)S(=O)(=O)c1ccc(C2CCCCC2)cc1. The summed E-state index contributed by atoms with van der Waals surface area (Å²) in [5, 5.41) is 2.97. The van der Waals surface area contributed by atoms with Crippen LogP contribution in [0.5, 0.6) is 0 Å². The number of rotatable bonds is 6. The monoisotopic (exact) mass is 310 g/mol. The fraction of sp³-hybridized carbons (Fsp3) is 0.625. The smallest absolute Gasteiger partial charge is 0.242 e. The second-order valence-corrected chi connectivity index (χ2v) is 7.88. The van der Waals surface area contributed by atoms with Crippen LogP contribution in [0.2, 0.25) is 0 Å². The van der Waals surface area contributed by atoms with Crippen LogP contribution in [0.15, 0.2) is 29.2 Å². The van der Waals surface area contributed by atoms with Gasteiger partial charge in [0.1, 0.15) is 0 Å². The third kappa shape index (κ3) is 4.05. The molecule has 0 saturated heterocycles. The third-order valence-electron chi connectivity index (χ3n) is 4.34. The molecule has 1 aliphatic rings. The Morgan fingerprint density at radius 3 is 2.33 bits per heavy atom. The average molecular weight is 310 g/mol. The molecule has 0 aliphatic heterocycles. The Labute approximate surface area is 128 Å². The second-order valence-electron chi connectivity index (χ2n) is 5.83. The lowest BCUT2D eigenvalue weighted by Crippen LogP contribution is -2.32. The number of nitrogens with one attached hydrogen (secondary N) is 1. The van der Waals surface area contributed by atoms with Crippen molar-refractivity contribution in [2.24, 2.45) is 0 Å². The van der Waals surface area contributed by atoms with E-state index in [0.717, 1.165) is 0 Å².